The molecule has 4 aromatic rings. The van der Waals surface area contributed by atoms with E-state index in [2.05, 4.69) is 13.5 Å². The van der Waals surface area contributed by atoms with Crippen LogP contribution in [0.1, 0.15) is 42.0 Å². The molecule has 0 radical (unpaired) electrons. The summed E-state index contributed by atoms with van der Waals surface area (Å²) in [6.45, 7) is 7.41. The third kappa shape index (κ3) is 8.80. The molecule has 242 valence electrons. The third-order valence-electron chi connectivity index (χ3n) is 8.40. The summed E-state index contributed by atoms with van der Waals surface area (Å²) < 4.78 is 33.5. The molecule has 0 aromatic heterocycles. The largest absolute Gasteiger partial charge is 0.384 e. The molecule has 0 aliphatic heterocycles. The van der Waals surface area contributed by atoms with Crippen LogP contribution in [0.15, 0.2) is 134 Å². The second kappa shape index (κ2) is 17.3. The Morgan fingerprint density at radius 1 is 0.543 bits per heavy atom. The number of hydrogen-bond donors (Lipinski definition) is 1. The van der Waals surface area contributed by atoms with Crippen molar-refractivity contribution >= 4 is 0 Å². The van der Waals surface area contributed by atoms with Crippen molar-refractivity contribution in [2.75, 3.05) is 6.61 Å². The molecule has 5 rings (SSSR count). The van der Waals surface area contributed by atoms with E-state index in [0.29, 0.717) is 32.7 Å². The molecular weight excluding hydrogens is 576 g/mol. The Morgan fingerprint density at radius 3 is 1.26 bits per heavy atom. The standard InChI is InChI=1S/C40H46O6/c1-3-25-40(41)38(42-26-4-2)36(44-28-32-19-11-6-12-20-32)35(43-27-31-17-9-5-10-18-31)37(45-29-33-21-13-7-14-22-33)39(40)46-30-34-23-15-8-16-24-34/h4-24,35-39,41H,2-3,25-30H2,1H3/t35-,36+,37+,38+,39-,40+/m1/s1. The number of rotatable bonds is 17. The van der Waals surface area contributed by atoms with Crippen molar-refractivity contribution in [3.63, 3.8) is 0 Å². The maximum absolute atomic E-state index is 12.8. The zero-order valence-electron chi connectivity index (χ0n) is 26.7. The molecule has 6 nitrogen and oxygen atoms in total. The molecule has 4 aromatic carbocycles. The first-order chi connectivity index (χ1) is 22.6. The number of benzene rings is 4. The molecule has 0 heterocycles. The Kier molecular flexibility index (Phi) is 12.7. The lowest BCUT2D eigenvalue weighted by Gasteiger charge is -2.54. The smallest absolute Gasteiger partial charge is 0.122 e. The fraction of sp³-hybridized carbons (Fsp3) is 0.350. The molecule has 1 aliphatic rings. The van der Waals surface area contributed by atoms with Crippen LogP contribution >= 0.6 is 0 Å². The second-order valence-corrected chi connectivity index (χ2v) is 11.8. The first-order valence-corrected chi connectivity index (χ1v) is 16.2. The minimum absolute atomic E-state index is 0.230. The maximum atomic E-state index is 12.8. The number of aliphatic hydroxyl groups is 1. The van der Waals surface area contributed by atoms with Gasteiger partial charge in [0, 0.05) is 0 Å². The normalized spacial score (nSPS) is 24.4. The van der Waals surface area contributed by atoms with Crippen molar-refractivity contribution in [3.8, 4) is 0 Å². The molecule has 0 amide bonds. The number of hydrogen-bond acceptors (Lipinski definition) is 6. The molecule has 0 spiro atoms. The predicted octanol–water partition coefficient (Wildman–Crippen LogP) is 7.44. The molecule has 0 unspecified atom stereocenters. The molecule has 46 heavy (non-hydrogen) atoms. The van der Waals surface area contributed by atoms with Crippen molar-refractivity contribution in [2.45, 2.75) is 82.3 Å². The molecular formula is C40H46O6. The highest BCUT2D eigenvalue weighted by atomic mass is 16.6. The van der Waals surface area contributed by atoms with Crippen LogP contribution in [0.4, 0.5) is 0 Å². The van der Waals surface area contributed by atoms with Gasteiger partial charge in [0.05, 0.1) is 33.0 Å². The van der Waals surface area contributed by atoms with Crippen LogP contribution < -0.4 is 0 Å². The topological polar surface area (TPSA) is 66.4 Å². The molecule has 1 N–H and O–H groups in total. The van der Waals surface area contributed by atoms with Crippen LogP contribution in [0, 0.1) is 0 Å². The van der Waals surface area contributed by atoms with Gasteiger partial charge in [-0.15, -0.1) is 6.58 Å². The monoisotopic (exact) mass is 622 g/mol. The summed E-state index contributed by atoms with van der Waals surface area (Å²) in [6, 6.07) is 40.0. The second-order valence-electron chi connectivity index (χ2n) is 11.8. The van der Waals surface area contributed by atoms with Gasteiger partial charge in [-0.1, -0.05) is 141 Å². The van der Waals surface area contributed by atoms with Crippen molar-refractivity contribution in [1.29, 1.82) is 0 Å². The minimum atomic E-state index is -1.46. The highest BCUT2D eigenvalue weighted by Gasteiger charge is 2.61. The van der Waals surface area contributed by atoms with E-state index in [0.717, 1.165) is 22.3 Å². The van der Waals surface area contributed by atoms with Crippen LogP contribution in [0.5, 0.6) is 0 Å². The van der Waals surface area contributed by atoms with Crippen LogP contribution in [0.2, 0.25) is 0 Å². The zero-order chi connectivity index (χ0) is 32.0. The van der Waals surface area contributed by atoms with Gasteiger partial charge in [-0.2, -0.15) is 0 Å². The average Bonchev–Trinajstić information content (AvgIpc) is 3.10. The summed E-state index contributed by atoms with van der Waals surface area (Å²) in [5.41, 5.74) is 2.58. The SMILES string of the molecule is C=CCO[C@H]1[C@@H](OCc2ccccc2)[C@@H](OCc2ccccc2)[C@H](OCc2ccccc2)[C@@H](OCc2ccccc2)[C@]1(O)CCC. The van der Waals surface area contributed by atoms with E-state index in [9.17, 15) is 5.11 Å². The number of ether oxygens (including phenoxy) is 5. The van der Waals surface area contributed by atoms with Gasteiger partial charge in [-0.25, -0.2) is 0 Å². The van der Waals surface area contributed by atoms with E-state index in [1.165, 1.54) is 0 Å². The molecule has 6 atom stereocenters. The minimum Gasteiger partial charge on any atom is -0.384 e. The van der Waals surface area contributed by atoms with Gasteiger partial charge in [-0.3, -0.25) is 0 Å². The van der Waals surface area contributed by atoms with Crippen LogP contribution in [0.25, 0.3) is 0 Å². The molecule has 6 heteroatoms. The van der Waals surface area contributed by atoms with Crippen LogP contribution in [-0.4, -0.2) is 47.8 Å². The quantitative estimate of drug-likeness (QED) is 0.124. The molecule has 0 saturated heterocycles. The van der Waals surface area contributed by atoms with Crippen molar-refractivity contribution in [1.82, 2.24) is 0 Å². The molecule has 1 aliphatic carbocycles. The van der Waals surface area contributed by atoms with Crippen LogP contribution in [0.3, 0.4) is 0 Å². The third-order valence-corrected chi connectivity index (χ3v) is 8.40. The summed E-state index contributed by atoms with van der Waals surface area (Å²) >= 11 is 0. The Morgan fingerprint density at radius 2 is 0.891 bits per heavy atom. The van der Waals surface area contributed by atoms with Gasteiger partial charge < -0.3 is 28.8 Å². The van der Waals surface area contributed by atoms with E-state index >= 15 is 0 Å². The van der Waals surface area contributed by atoms with Gasteiger partial charge in [0.15, 0.2) is 0 Å². The lowest BCUT2D eigenvalue weighted by Crippen LogP contribution is -2.73. The molecule has 1 saturated carbocycles. The Labute approximate surface area is 273 Å². The van der Waals surface area contributed by atoms with Crippen molar-refractivity contribution < 1.29 is 28.8 Å². The van der Waals surface area contributed by atoms with E-state index in [4.69, 9.17) is 23.7 Å². The van der Waals surface area contributed by atoms with E-state index in [1.54, 1.807) is 6.08 Å². The van der Waals surface area contributed by atoms with Gasteiger partial charge in [0.25, 0.3) is 0 Å². The fourth-order valence-electron chi connectivity index (χ4n) is 6.21. The predicted molar refractivity (Wildman–Crippen MR) is 180 cm³/mol. The fourth-order valence-corrected chi connectivity index (χ4v) is 6.21. The van der Waals surface area contributed by atoms with E-state index in [1.807, 2.05) is 121 Å². The zero-order valence-corrected chi connectivity index (χ0v) is 26.7. The highest BCUT2D eigenvalue weighted by molar-refractivity contribution is 5.19. The lowest BCUT2D eigenvalue weighted by molar-refractivity contribution is -0.315. The lowest BCUT2D eigenvalue weighted by atomic mass is 9.72. The summed E-state index contributed by atoms with van der Waals surface area (Å²) in [5.74, 6) is 0. The van der Waals surface area contributed by atoms with Crippen LogP contribution in [-0.2, 0) is 50.1 Å². The molecule has 0 bridgehead atoms. The van der Waals surface area contributed by atoms with Gasteiger partial charge in [0.2, 0.25) is 0 Å². The first kappa shape index (κ1) is 33.7. The summed E-state index contributed by atoms with van der Waals surface area (Å²) in [6.07, 6.45) is -0.779. The summed E-state index contributed by atoms with van der Waals surface area (Å²) in [5, 5.41) is 12.8. The van der Waals surface area contributed by atoms with Crippen molar-refractivity contribution in [3.05, 3.63) is 156 Å². The highest BCUT2D eigenvalue weighted by Crippen LogP contribution is 2.42. The maximum Gasteiger partial charge on any atom is 0.122 e. The van der Waals surface area contributed by atoms with Gasteiger partial charge in [-0.05, 0) is 28.7 Å². The Bertz CT molecular complexity index is 1420. The Balaban J connectivity index is 1.56. The first-order valence-electron chi connectivity index (χ1n) is 16.2. The van der Waals surface area contributed by atoms with Gasteiger partial charge in [0.1, 0.15) is 36.1 Å². The Hall–Kier alpha value is -3.62. The average molecular weight is 623 g/mol. The molecule has 1 fully saturated rings. The summed E-state index contributed by atoms with van der Waals surface area (Å²) in [4.78, 5) is 0. The van der Waals surface area contributed by atoms with Gasteiger partial charge >= 0.3 is 0 Å². The summed E-state index contributed by atoms with van der Waals surface area (Å²) in [7, 11) is 0. The van der Waals surface area contributed by atoms with E-state index < -0.39 is 36.1 Å². The van der Waals surface area contributed by atoms with E-state index in [-0.39, 0.29) is 13.2 Å². The van der Waals surface area contributed by atoms with Crippen molar-refractivity contribution in [2.24, 2.45) is 0 Å².